The summed E-state index contributed by atoms with van der Waals surface area (Å²) in [6.07, 6.45) is 11.6. The summed E-state index contributed by atoms with van der Waals surface area (Å²) in [7, 11) is 1.57. The number of anilines is 1. The molecule has 206 valence electrons. The number of nitrogens with one attached hydrogen (secondary N) is 2. The Labute approximate surface area is 228 Å². The van der Waals surface area contributed by atoms with Gasteiger partial charge in [-0.3, -0.25) is 4.79 Å². The van der Waals surface area contributed by atoms with Crippen LogP contribution in [-0.2, 0) is 19.1 Å². The van der Waals surface area contributed by atoms with Gasteiger partial charge in [0.15, 0.2) is 5.11 Å². The fraction of sp³-hybridized carbons (Fsp3) is 0.621. The number of hydrogen-bond acceptors (Lipinski definition) is 5. The maximum Gasteiger partial charge on any atom is 0.338 e. The van der Waals surface area contributed by atoms with Crippen molar-refractivity contribution in [1.82, 2.24) is 10.2 Å². The first-order valence-corrected chi connectivity index (χ1v) is 14.2. The first-order chi connectivity index (χ1) is 17.9. The van der Waals surface area contributed by atoms with E-state index in [4.69, 9.17) is 21.7 Å². The summed E-state index contributed by atoms with van der Waals surface area (Å²) >= 11 is 5.55. The normalized spacial score (nSPS) is 15.5. The molecule has 2 rings (SSSR count). The molecule has 0 radical (unpaired) electrons. The molecule has 1 unspecified atom stereocenters. The van der Waals surface area contributed by atoms with Crippen molar-refractivity contribution in [2.24, 2.45) is 0 Å². The molecular formula is C29H45N3O4S. The van der Waals surface area contributed by atoms with Gasteiger partial charge in [-0.05, 0) is 50.2 Å². The molecule has 1 amide bonds. The predicted octanol–water partition coefficient (Wildman–Crippen LogP) is 6.26. The Morgan fingerprint density at radius 2 is 1.59 bits per heavy atom. The van der Waals surface area contributed by atoms with Crippen LogP contribution in [0.5, 0.6) is 0 Å². The third-order valence-electron chi connectivity index (χ3n) is 6.69. The molecule has 8 heteroatoms. The van der Waals surface area contributed by atoms with Gasteiger partial charge in [0, 0.05) is 31.5 Å². The van der Waals surface area contributed by atoms with Gasteiger partial charge in [-0.25, -0.2) is 4.79 Å². The summed E-state index contributed by atoms with van der Waals surface area (Å²) in [4.78, 5) is 27.3. The van der Waals surface area contributed by atoms with E-state index in [1.807, 2.05) is 43.0 Å². The van der Waals surface area contributed by atoms with Gasteiger partial charge in [-0.15, -0.1) is 0 Å². The molecule has 1 aliphatic rings. The molecule has 37 heavy (non-hydrogen) atoms. The molecule has 1 atom stereocenters. The van der Waals surface area contributed by atoms with Gasteiger partial charge in [-0.1, -0.05) is 70.4 Å². The van der Waals surface area contributed by atoms with E-state index in [2.05, 4.69) is 17.6 Å². The van der Waals surface area contributed by atoms with Gasteiger partial charge in [0.1, 0.15) is 6.61 Å². The first-order valence-electron chi connectivity index (χ1n) is 13.8. The van der Waals surface area contributed by atoms with Crippen LogP contribution in [0.15, 0.2) is 35.5 Å². The van der Waals surface area contributed by atoms with E-state index in [0.29, 0.717) is 30.3 Å². The Bertz CT molecular complexity index is 901. The first kappa shape index (κ1) is 30.8. The van der Waals surface area contributed by atoms with E-state index in [-0.39, 0.29) is 12.5 Å². The maximum atomic E-state index is 13.0. The van der Waals surface area contributed by atoms with Gasteiger partial charge in [0.25, 0.3) is 0 Å². The van der Waals surface area contributed by atoms with E-state index in [1.54, 1.807) is 7.11 Å². The summed E-state index contributed by atoms with van der Waals surface area (Å²) in [5, 5.41) is 6.84. The van der Waals surface area contributed by atoms with Gasteiger partial charge in [0.05, 0.1) is 18.2 Å². The molecule has 0 fully saturated rings. The minimum Gasteiger partial charge on any atom is -0.460 e. The molecule has 1 heterocycles. The molecule has 0 bridgehead atoms. The monoisotopic (exact) mass is 531 g/mol. The van der Waals surface area contributed by atoms with E-state index in [9.17, 15) is 9.59 Å². The largest absolute Gasteiger partial charge is 0.460 e. The number of amides is 1. The maximum absolute atomic E-state index is 13.0. The van der Waals surface area contributed by atoms with Crippen LogP contribution in [-0.4, -0.2) is 48.8 Å². The van der Waals surface area contributed by atoms with Crippen LogP contribution in [0, 0.1) is 0 Å². The summed E-state index contributed by atoms with van der Waals surface area (Å²) < 4.78 is 10.4. The van der Waals surface area contributed by atoms with Crippen LogP contribution >= 0.6 is 12.2 Å². The number of ether oxygens (including phenoxy) is 2. The summed E-state index contributed by atoms with van der Waals surface area (Å²) in [5.41, 5.74) is 2.90. The zero-order valence-electron chi connectivity index (χ0n) is 23.1. The predicted molar refractivity (Wildman–Crippen MR) is 153 cm³/mol. The number of methoxy groups -OCH3 is 1. The van der Waals surface area contributed by atoms with Crippen molar-refractivity contribution >= 4 is 34.9 Å². The van der Waals surface area contributed by atoms with Crippen LogP contribution in [0.25, 0.3) is 0 Å². The zero-order valence-corrected chi connectivity index (χ0v) is 23.9. The number of rotatable bonds is 17. The second-order valence-corrected chi connectivity index (χ2v) is 9.89. The SMILES string of the molecule is CCCCCCCCCCCC(=O)Nc1ccc(C2NC(=S)N(CC)C(C)=C2C(=O)OCCOC)cc1. The Hall–Kier alpha value is -2.45. The molecule has 1 aliphatic heterocycles. The molecule has 7 nitrogen and oxygen atoms in total. The lowest BCUT2D eigenvalue weighted by atomic mass is 9.95. The summed E-state index contributed by atoms with van der Waals surface area (Å²) in [6.45, 7) is 7.26. The van der Waals surface area contributed by atoms with E-state index in [0.717, 1.165) is 29.8 Å². The topological polar surface area (TPSA) is 79.9 Å². The molecule has 1 aromatic carbocycles. The van der Waals surface area contributed by atoms with Crippen LogP contribution in [0.4, 0.5) is 5.69 Å². The number of allylic oxidation sites excluding steroid dienone is 1. The molecule has 0 aliphatic carbocycles. The second kappa shape index (κ2) is 17.1. The average molecular weight is 532 g/mol. The Balaban J connectivity index is 1.92. The Morgan fingerprint density at radius 1 is 0.973 bits per heavy atom. The van der Waals surface area contributed by atoms with Crippen molar-refractivity contribution in [3.05, 3.63) is 41.1 Å². The number of nitrogens with zero attached hydrogens (tertiary/aromatic N) is 1. The minimum atomic E-state index is -0.433. The zero-order chi connectivity index (χ0) is 27.0. The van der Waals surface area contributed by atoms with Crippen LogP contribution in [0.1, 0.15) is 96.6 Å². The molecule has 0 saturated heterocycles. The summed E-state index contributed by atoms with van der Waals surface area (Å²) in [6, 6.07) is 7.11. The van der Waals surface area contributed by atoms with Crippen molar-refractivity contribution in [3.8, 4) is 0 Å². The molecule has 1 aromatic rings. The van der Waals surface area contributed by atoms with Crippen LogP contribution in [0.3, 0.4) is 0 Å². The number of unbranched alkanes of at least 4 members (excludes halogenated alkanes) is 8. The molecule has 0 aromatic heterocycles. The third-order valence-corrected chi connectivity index (χ3v) is 7.03. The lowest BCUT2D eigenvalue weighted by Gasteiger charge is -2.37. The van der Waals surface area contributed by atoms with Gasteiger partial charge in [-0.2, -0.15) is 0 Å². The molecule has 0 saturated carbocycles. The summed E-state index contributed by atoms with van der Waals surface area (Å²) in [5.74, 6) is -0.365. The standard InChI is InChI=1S/C29H45N3O4S/c1-5-7-8-9-10-11-12-13-14-15-25(33)30-24-18-16-23(17-19-24)27-26(28(34)36-21-20-35-4)22(3)32(6-2)29(37)31-27/h16-19,27H,5-15,20-21H2,1-4H3,(H,30,33)(H,31,37). The second-order valence-electron chi connectivity index (χ2n) is 9.50. The van der Waals surface area contributed by atoms with Crippen molar-refractivity contribution in [3.63, 3.8) is 0 Å². The van der Waals surface area contributed by atoms with Crippen molar-refractivity contribution in [1.29, 1.82) is 0 Å². The number of thiocarbonyl (C=S) groups is 1. The van der Waals surface area contributed by atoms with Crippen molar-refractivity contribution in [2.45, 2.75) is 91.0 Å². The highest BCUT2D eigenvalue weighted by atomic mass is 32.1. The highest BCUT2D eigenvalue weighted by Gasteiger charge is 2.34. The number of carbonyl (C=O) groups is 2. The minimum absolute atomic E-state index is 0.0319. The van der Waals surface area contributed by atoms with Crippen LogP contribution in [0.2, 0.25) is 0 Å². The third kappa shape index (κ3) is 10.1. The molecule has 0 spiro atoms. The lowest BCUT2D eigenvalue weighted by Crippen LogP contribution is -2.47. The highest BCUT2D eigenvalue weighted by Crippen LogP contribution is 2.32. The lowest BCUT2D eigenvalue weighted by molar-refractivity contribution is -0.140. The highest BCUT2D eigenvalue weighted by molar-refractivity contribution is 7.80. The Morgan fingerprint density at radius 3 is 2.19 bits per heavy atom. The van der Waals surface area contributed by atoms with Crippen LogP contribution < -0.4 is 10.6 Å². The molecule has 2 N–H and O–H groups in total. The van der Waals surface area contributed by atoms with Gasteiger partial charge < -0.3 is 25.0 Å². The fourth-order valence-electron chi connectivity index (χ4n) is 4.55. The fourth-order valence-corrected chi connectivity index (χ4v) is 4.93. The van der Waals surface area contributed by atoms with Crippen molar-refractivity contribution in [2.75, 3.05) is 32.2 Å². The van der Waals surface area contributed by atoms with Gasteiger partial charge >= 0.3 is 5.97 Å². The Kier molecular flexibility index (Phi) is 14.2. The number of carbonyl (C=O) groups excluding carboxylic acids is 2. The van der Waals surface area contributed by atoms with E-state index in [1.165, 1.54) is 44.9 Å². The van der Waals surface area contributed by atoms with Gasteiger partial charge in [0.2, 0.25) is 5.91 Å². The van der Waals surface area contributed by atoms with Crippen molar-refractivity contribution < 1.29 is 19.1 Å². The number of esters is 1. The quantitative estimate of drug-likeness (QED) is 0.139. The van der Waals surface area contributed by atoms with E-state index >= 15 is 0 Å². The smallest absolute Gasteiger partial charge is 0.338 e. The number of hydrogen-bond donors (Lipinski definition) is 2. The molecular weight excluding hydrogens is 486 g/mol. The number of benzene rings is 1. The average Bonchev–Trinajstić information content (AvgIpc) is 2.88. The van der Waals surface area contributed by atoms with E-state index < -0.39 is 12.0 Å².